The number of hydrogen-bond acceptors (Lipinski definition) is 3. The number of fused-ring (bicyclic) bond motifs is 3. The molecule has 0 spiro atoms. The number of piperidine rings is 1. The Morgan fingerprint density at radius 3 is 2.18 bits per heavy atom. The third kappa shape index (κ3) is 3.92. The molecule has 0 N–H and O–H groups in total. The lowest BCUT2D eigenvalue weighted by atomic mass is 9.99. The molecular weight excluding hydrogens is 424 g/mol. The van der Waals surface area contributed by atoms with Crippen LogP contribution in [0.2, 0.25) is 0 Å². The molecule has 5 heteroatoms. The molecule has 1 fully saturated rings. The van der Waals surface area contributed by atoms with Crippen LogP contribution in [0.4, 0.5) is 0 Å². The predicted octanol–water partition coefficient (Wildman–Crippen LogP) is 5.06. The molecule has 0 unspecified atom stereocenters. The molecule has 3 aromatic rings. The monoisotopic (exact) mass is 452 g/mol. The standard InChI is InChI=1S/C29H28N2O3/c1-2-16-31(22-14-17-30(18-15-22)28(33)20-8-4-3-5-9-20)29(34)21-12-13-24-23-10-6-7-11-25(23)27(32)26(24)19-21/h3-13,19,22H,2,14-18H2,1H3. The van der Waals surface area contributed by atoms with Crippen LogP contribution in [0, 0.1) is 0 Å². The summed E-state index contributed by atoms with van der Waals surface area (Å²) in [6.45, 7) is 3.98. The Labute approximate surface area is 200 Å². The van der Waals surface area contributed by atoms with Gasteiger partial charge < -0.3 is 9.80 Å². The van der Waals surface area contributed by atoms with Crippen LogP contribution >= 0.6 is 0 Å². The van der Waals surface area contributed by atoms with Crippen molar-refractivity contribution >= 4 is 17.6 Å². The number of rotatable bonds is 5. The van der Waals surface area contributed by atoms with Crippen LogP contribution in [0.15, 0.2) is 72.8 Å². The molecule has 5 rings (SSSR count). The van der Waals surface area contributed by atoms with Gasteiger partial charge in [-0.1, -0.05) is 55.5 Å². The highest BCUT2D eigenvalue weighted by Gasteiger charge is 2.32. The van der Waals surface area contributed by atoms with Crippen LogP contribution in [-0.4, -0.2) is 53.1 Å². The first kappa shape index (κ1) is 22.1. The molecule has 1 aliphatic heterocycles. The minimum absolute atomic E-state index is 0.0185. The van der Waals surface area contributed by atoms with Gasteiger partial charge in [0.25, 0.3) is 11.8 Å². The van der Waals surface area contributed by atoms with E-state index < -0.39 is 0 Å². The molecular formula is C29H28N2O3. The number of carbonyl (C=O) groups excluding carboxylic acids is 3. The molecule has 0 saturated carbocycles. The molecule has 5 nitrogen and oxygen atoms in total. The lowest BCUT2D eigenvalue weighted by Crippen LogP contribution is -2.49. The van der Waals surface area contributed by atoms with Gasteiger partial charge in [0.1, 0.15) is 0 Å². The average molecular weight is 453 g/mol. The zero-order valence-corrected chi connectivity index (χ0v) is 19.4. The van der Waals surface area contributed by atoms with E-state index in [0.29, 0.717) is 41.9 Å². The van der Waals surface area contributed by atoms with Gasteiger partial charge in [-0.05, 0) is 54.7 Å². The third-order valence-corrected chi connectivity index (χ3v) is 6.91. The van der Waals surface area contributed by atoms with E-state index in [9.17, 15) is 14.4 Å². The molecule has 1 heterocycles. The van der Waals surface area contributed by atoms with Crippen molar-refractivity contribution in [3.05, 3.63) is 95.1 Å². The van der Waals surface area contributed by atoms with Crippen LogP contribution in [0.5, 0.6) is 0 Å². The van der Waals surface area contributed by atoms with Gasteiger partial charge in [0, 0.05) is 47.9 Å². The zero-order chi connectivity index (χ0) is 23.7. The lowest BCUT2D eigenvalue weighted by Gasteiger charge is -2.38. The Morgan fingerprint density at radius 1 is 0.824 bits per heavy atom. The van der Waals surface area contributed by atoms with Gasteiger partial charge >= 0.3 is 0 Å². The lowest BCUT2D eigenvalue weighted by molar-refractivity contribution is 0.0519. The summed E-state index contributed by atoms with van der Waals surface area (Å²) >= 11 is 0. The summed E-state index contributed by atoms with van der Waals surface area (Å²) < 4.78 is 0. The van der Waals surface area contributed by atoms with Gasteiger partial charge in [-0.15, -0.1) is 0 Å². The first-order valence-corrected chi connectivity index (χ1v) is 12.0. The topological polar surface area (TPSA) is 57.7 Å². The smallest absolute Gasteiger partial charge is 0.254 e. The van der Waals surface area contributed by atoms with Gasteiger partial charge in [-0.25, -0.2) is 0 Å². The maximum absolute atomic E-state index is 13.6. The fourth-order valence-corrected chi connectivity index (χ4v) is 5.16. The number of amides is 2. The van der Waals surface area contributed by atoms with E-state index >= 15 is 0 Å². The molecule has 172 valence electrons. The van der Waals surface area contributed by atoms with Crippen molar-refractivity contribution < 1.29 is 14.4 Å². The van der Waals surface area contributed by atoms with E-state index in [1.54, 1.807) is 6.07 Å². The first-order valence-electron chi connectivity index (χ1n) is 12.0. The highest BCUT2D eigenvalue weighted by Crippen LogP contribution is 2.37. The van der Waals surface area contributed by atoms with Crippen molar-refractivity contribution in [1.82, 2.24) is 9.80 Å². The Hall–Kier alpha value is -3.73. The van der Waals surface area contributed by atoms with Gasteiger partial charge in [0.15, 0.2) is 5.78 Å². The number of likely N-dealkylation sites (tertiary alicyclic amines) is 1. The van der Waals surface area contributed by atoms with Crippen molar-refractivity contribution in [3.8, 4) is 11.1 Å². The Kier molecular flexibility index (Phi) is 6.01. The van der Waals surface area contributed by atoms with Crippen LogP contribution in [0.3, 0.4) is 0 Å². The van der Waals surface area contributed by atoms with E-state index in [1.807, 2.05) is 76.5 Å². The Balaban J connectivity index is 1.32. The Bertz CT molecular complexity index is 1240. The summed E-state index contributed by atoms with van der Waals surface area (Å²) in [5.74, 6) is -0.0135. The third-order valence-electron chi connectivity index (χ3n) is 6.91. The van der Waals surface area contributed by atoms with E-state index in [0.717, 1.165) is 30.4 Å². The van der Waals surface area contributed by atoms with Crippen LogP contribution in [0.1, 0.15) is 62.8 Å². The summed E-state index contributed by atoms with van der Waals surface area (Å²) in [7, 11) is 0. The largest absolute Gasteiger partial charge is 0.338 e. The number of carbonyl (C=O) groups is 3. The van der Waals surface area contributed by atoms with Gasteiger partial charge in [-0.3, -0.25) is 14.4 Å². The average Bonchev–Trinajstić information content (AvgIpc) is 3.18. The fourth-order valence-electron chi connectivity index (χ4n) is 5.16. The molecule has 3 aromatic carbocycles. The Morgan fingerprint density at radius 2 is 1.47 bits per heavy atom. The summed E-state index contributed by atoms with van der Waals surface area (Å²) in [5.41, 5.74) is 4.38. The first-order chi connectivity index (χ1) is 16.6. The zero-order valence-electron chi connectivity index (χ0n) is 19.4. The second-order valence-electron chi connectivity index (χ2n) is 9.02. The molecule has 1 aliphatic carbocycles. The normalized spacial score (nSPS) is 15.1. The molecule has 34 heavy (non-hydrogen) atoms. The van der Waals surface area contributed by atoms with Crippen molar-refractivity contribution in [2.24, 2.45) is 0 Å². The van der Waals surface area contributed by atoms with Crippen molar-refractivity contribution in [3.63, 3.8) is 0 Å². The number of nitrogens with zero attached hydrogens (tertiary/aromatic N) is 2. The van der Waals surface area contributed by atoms with Gasteiger partial charge in [-0.2, -0.15) is 0 Å². The minimum Gasteiger partial charge on any atom is -0.338 e. The van der Waals surface area contributed by atoms with E-state index in [4.69, 9.17) is 0 Å². The number of ketones is 1. The van der Waals surface area contributed by atoms with Gasteiger partial charge in [0.2, 0.25) is 0 Å². The molecule has 0 aromatic heterocycles. The van der Waals surface area contributed by atoms with Crippen molar-refractivity contribution in [1.29, 1.82) is 0 Å². The summed E-state index contributed by atoms with van der Waals surface area (Å²) in [6.07, 6.45) is 2.35. The second-order valence-corrected chi connectivity index (χ2v) is 9.02. The molecule has 1 saturated heterocycles. The van der Waals surface area contributed by atoms with Crippen LogP contribution in [0.25, 0.3) is 11.1 Å². The maximum Gasteiger partial charge on any atom is 0.254 e. The van der Waals surface area contributed by atoms with Crippen molar-refractivity contribution in [2.75, 3.05) is 19.6 Å². The van der Waals surface area contributed by atoms with Crippen LogP contribution < -0.4 is 0 Å². The number of hydrogen-bond donors (Lipinski definition) is 0. The van der Waals surface area contributed by atoms with E-state index in [1.165, 1.54) is 0 Å². The summed E-state index contributed by atoms with van der Waals surface area (Å²) in [6, 6.07) is 22.5. The molecule has 2 amide bonds. The predicted molar refractivity (Wildman–Crippen MR) is 132 cm³/mol. The molecule has 0 bridgehead atoms. The van der Waals surface area contributed by atoms with E-state index in [-0.39, 0.29) is 23.6 Å². The van der Waals surface area contributed by atoms with Crippen molar-refractivity contribution in [2.45, 2.75) is 32.2 Å². The fraction of sp³-hybridized carbons (Fsp3) is 0.276. The number of benzene rings is 3. The summed E-state index contributed by atoms with van der Waals surface area (Å²) in [5, 5.41) is 0. The quantitative estimate of drug-likeness (QED) is 0.426. The highest BCUT2D eigenvalue weighted by atomic mass is 16.2. The second kappa shape index (κ2) is 9.26. The van der Waals surface area contributed by atoms with Crippen LogP contribution in [-0.2, 0) is 0 Å². The molecule has 0 atom stereocenters. The maximum atomic E-state index is 13.6. The SMILES string of the molecule is CCCN(C(=O)c1ccc2c(c1)C(=O)c1ccccc1-2)C1CCN(C(=O)c2ccccc2)CC1. The molecule has 2 aliphatic rings. The molecule has 0 radical (unpaired) electrons. The van der Waals surface area contributed by atoms with E-state index in [2.05, 4.69) is 6.92 Å². The highest BCUT2D eigenvalue weighted by molar-refractivity contribution is 6.22. The minimum atomic E-state index is -0.0405. The van der Waals surface area contributed by atoms with Gasteiger partial charge in [0.05, 0.1) is 0 Å². The summed E-state index contributed by atoms with van der Waals surface area (Å²) in [4.78, 5) is 43.1.